The second kappa shape index (κ2) is 6.85. The number of benzene rings is 2. The summed E-state index contributed by atoms with van der Waals surface area (Å²) in [4.78, 5) is 2.04. The quantitative estimate of drug-likeness (QED) is 0.800. The van der Waals surface area contributed by atoms with Crippen molar-refractivity contribution in [3.63, 3.8) is 0 Å². The number of anilines is 1. The summed E-state index contributed by atoms with van der Waals surface area (Å²) in [6.45, 7) is 0. The summed E-state index contributed by atoms with van der Waals surface area (Å²) < 4.78 is 0. The fraction of sp³-hybridized carbons (Fsp3) is 0.235. The fourth-order valence-corrected chi connectivity index (χ4v) is 2.91. The molecule has 0 aliphatic carbocycles. The van der Waals surface area contributed by atoms with Gasteiger partial charge in [-0.1, -0.05) is 41.4 Å². The summed E-state index contributed by atoms with van der Waals surface area (Å²) in [7, 11) is 3.98. The van der Waals surface area contributed by atoms with Crippen LogP contribution in [0.15, 0.2) is 42.5 Å². The molecule has 0 bridgehead atoms. The van der Waals surface area contributed by atoms with E-state index in [0.717, 1.165) is 11.3 Å². The normalized spacial score (nSPS) is 11.8. The molecule has 0 aliphatic rings. The predicted molar refractivity (Wildman–Crippen MR) is 89.3 cm³/mol. The lowest BCUT2D eigenvalue weighted by molar-refractivity contribution is 0.849. The molecule has 0 N–H and O–H groups in total. The summed E-state index contributed by atoms with van der Waals surface area (Å²) >= 11 is 12.4. The zero-order chi connectivity index (χ0) is 15.4. The molecule has 0 aromatic heterocycles. The highest BCUT2D eigenvalue weighted by Crippen LogP contribution is 2.33. The molecule has 0 amide bonds. The van der Waals surface area contributed by atoms with Gasteiger partial charge in [-0.25, -0.2) is 0 Å². The maximum absolute atomic E-state index is 9.49. The van der Waals surface area contributed by atoms with Crippen LogP contribution in [0.1, 0.15) is 17.0 Å². The first kappa shape index (κ1) is 15.7. The van der Waals surface area contributed by atoms with E-state index in [1.54, 1.807) is 18.2 Å². The van der Waals surface area contributed by atoms with E-state index in [1.807, 2.05) is 37.2 Å². The van der Waals surface area contributed by atoms with Crippen LogP contribution < -0.4 is 4.90 Å². The Hall–Kier alpha value is -1.69. The van der Waals surface area contributed by atoms with Gasteiger partial charge in [0.25, 0.3) is 0 Å². The van der Waals surface area contributed by atoms with Crippen molar-refractivity contribution in [1.29, 1.82) is 5.26 Å². The van der Waals surface area contributed by atoms with E-state index in [9.17, 15) is 5.26 Å². The molecule has 1 unspecified atom stereocenters. The van der Waals surface area contributed by atoms with E-state index in [4.69, 9.17) is 23.2 Å². The first-order chi connectivity index (χ1) is 10.0. The zero-order valence-electron chi connectivity index (χ0n) is 12.0. The number of hydrogen-bond acceptors (Lipinski definition) is 2. The lowest BCUT2D eigenvalue weighted by Crippen LogP contribution is -2.09. The van der Waals surface area contributed by atoms with Gasteiger partial charge in [-0.05, 0) is 36.2 Å². The van der Waals surface area contributed by atoms with Gasteiger partial charge in [-0.2, -0.15) is 5.26 Å². The molecule has 0 fully saturated rings. The van der Waals surface area contributed by atoms with Gasteiger partial charge in [0.2, 0.25) is 0 Å². The fourth-order valence-electron chi connectivity index (χ4n) is 2.25. The minimum Gasteiger partial charge on any atom is -0.378 e. The Morgan fingerprint density at radius 1 is 1.10 bits per heavy atom. The highest BCUT2D eigenvalue weighted by atomic mass is 35.5. The molecule has 0 aliphatic heterocycles. The molecule has 2 aromatic rings. The second-order valence-electron chi connectivity index (χ2n) is 5.09. The summed E-state index contributed by atoms with van der Waals surface area (Å²) in [5.74, 6) is -0.358. The van der Waals surface area contributed by atoms with E-state index in [0.29, 0.717) is 22.0 Å². The van der Waals surface area contributed by atoms with Crippen LogP contribution in [-0.2, 0) is 6.42 Å². The van der Waals surface area contributed by atoms with E-state index >= 15 is 0 Å². The molecule has 21 heavy (non-hydrogen) atoms. The third-order valence-corrected chi connectivity index (χ3v) is 4.03. The highest BCUT2D eigenvalue weighted by Gasteiger charge is 2.18. The Balaban J connectivity index is 2.32. The topological polar surface area (TPSA) is 27.0 Å². The maximum Gasteiger partial charge on any atom is 0.0782 e. The molecule has 0 spiro atoms. The third-order valence-electron chi connectivity index (χ3n) is 3.37. The number of nitriles is 1. The van der Waals surface area contributed by atoms with Crippen LogP contribution in [0.5, 0.6) is 0 Å². The molecule has 0 saturated carbocycles. The molecule has 0 saturated heterocycles. The van der Waals surface area contributed by atoms with Gasteiger partial charge in [0.05, 0.1) is 12.0 Å². The lowest BCUT2D eigenvalue weighted by atomic mass is 9.93. The summed E-state index contributed by atoms with van der Waals surface area (Å²) in [5, 5.41) is 10.6. The maximum atomic E-state index is 9.49. The Morgan fingerprint density at radius 2 is 1.71 bits per heavy atom. The van der Waals surface area contributed by atoms with Crippen molar-refractivity contribution in [1.82, 2.24) is 0 Å². The molecular weight excluding hydrogens is 303 g/mol. The van der Waals surface area contributed by atoms with Crippen LogP contribution in [0.25, 0.3) is 0 Å². The van der Waals surface area contributed by atoms with Crippen LogP contribution in [0.4, 0.5) is 5.69 Å². The number of nitrogens with zero attached hydrogens (tertiary/aromatic N) is 2. The van der Waals surface area contributed by atoms with Crippen molar-refractivity contribution in [2.45, 2.75) is 12.3 Å². The van der Waals surface area contributed by atoms with Crippen LogP contribution in [0.3, 0.4) is 0 Å². The zero-order valence-corrected chi connectivity index (χ0v) is 13.5. The Morgan fingerprint density at radius 3 is 2.29 bits per heavy atom. The third kappa shape index (κ3) is 3.69. The van der Waals surface area contributed by atoms with E-state index in [2.05, 4.69) is 12.1 Å². The van der Waals surface area contributed by atoms with Crippen molar-refractivity contribution >= 4 is 28.9 Å². The molecule has 2 rings (SSSR count). The van der Waals surface area contributed by atoms with Crippen molar-refractivity contribution in [2.24, 2.45) is 0 Å². The van der Waals surface area contributed by atoms with Gasteiger partial charge in [0, 0.05) is 35.4 Å². The van der Waals surface area contributed by atoms with E-state index in [-0.39, 0.29) is 5.92 Å². The average molecular weight is 319 g/mol. The molecule has 2 nitrogen and oxygen atoms in total. The molecule has 2 aromatic carbocycles. The molecule has 1 atom stereocenters. The minimum absolute atomic E-state index is 0.358. The average Bonchev–Trinajstić information content (AvgIpc) is 2.46. The smallest absolute Gasteiger partial charge is 0.0782 e. The number of halogens is 2. The van der Waals surface area contributed by atoms with Crippen LogP contribution in [0.2, 0.25) is 10.0 Å². The van der Waals surface area contributed by atoms with Crippen molar-refractivity contribution in [3.05, 3.63) is 63.6 Å². The van der Waals surface area contributed by atoms with Gasteiger partial charge < -0.3 is 4.90 Å². The van der Waals surface area contributed by atoms with Gasteiger partial charge in [-0.15, -0.1) is 0 Å². The largest absolute Gasteiger partial charge is 0.378 e. The predicted octanol–water partition coefficient (Wildman–Crippen LogP) is 4.91. The monoisotopic (exact) mass is 318 g/mol. The summed E-state index contributed by atoms with van der Waals surface area (Å²) in [5.41, 5.74) is 2.90. The molecular formula is C17H16Cl2N2. The number of hydrogen-bond donors (Lipinski definition) is 0. The molecule has 0 heterocycles. The first-order valence-electron chi connectivity index (χ1n) is 6.62. The molecule has 108 valence electrons. The van der Waals surface area contributed by atoms with E-state index < -0.39 is 0 Å². The van der Waals surface area contributed by atoms with Crippen LogP contribution >= 0.6 is 23.2 Å². The Labute approximate surface area is 135 Å². The second-order valence-corrected chi connectivity index (χ2v) is 5.90. The standard InChI is InChI=1S/C17H16Cl2N2/c1-21(2)14-6-3-5-12(10-14)9-13(11-20)17-15(18)7-4-8-16(17)19/h3-8,10,13H,9H2,1-2H3. The van der Waals surface area contributed by atoms with Gasteiger partial charge in [-0.3, -0.25) is 0 Å². The first-order valence-corrected chi connectivity index (χ1v) is 7.38. The van der Waals surface area contributed by atoms with Gasteiger partial charge in [0.1, 0.15) is 0 Å². The van der Waals surface area contributed by atoms with Crippen molar-refractivity contribution < 1.29 is 0 Å². The van der Waals surface area contributed by atoms with Crippen molar-refractivity contribution in [3.8, 4) is 6.07 Å². The van der Waals surface area contributed by atoms with Gasteiger partial charge >= 0.3 is 0 Å². The Bertz CT molecular complexity index is 654. The summed E-state index contributed by atoms with van der Waals surface area (Å²) in [6.07, 6.45) is 0.585. The Kier molecular flexibility index (Phi) is 5.12. The lowest BCUT2D eigenvalue weighted by Gasteiger charge is -2.16. The SMILES string of the molecule is CN(C)c1cccc(CC(C#N)c2c(Cl)cccc2Cl)c1. The van der Waals surface area contributed by atoms with Crippen LogP contribution in [-0.4, -0.2) is 14.1 Å². The highest BCUT2D eigenvalue weighted by molar-refractivity contribution is 6.36. The van der Waals surface area contributed by atoms with E-state index in [1.165, 1.54) is 0 Å². The molecule has 0 radical (unpaired) electrons. The summed E-state index contributed by atoms with van der Waals surface area (Å²) in [6, 6.07) is 15.8. The van der Waals surface area contributed by atoms with Crippen molar-refractivity contribution in [2.75, 3.05) is 19.0 Å². The van der Waals surface area contributed by atoms with Gasteiger partial charge in [0.15, 0.2) is 0 Å². The van der Waals surface area contributed by atoms with Crippen LogP contribution in [0, 0.1) is 11.3 Å². The molecule has 4 heteroatoms. The minimum atomic E-state index is -0.358. The number of rotatable bonds is 4.